The molecule has 0 spiro atoms. The van der Waals surface area contributed by atoms with E-state index < -0.39 is 0 Å². The Labute approximate surface area is 134 Å². The van der Waals surface area contributed by atoms with Crippen LogP contribution in [0.2, 0.25) is 0 Å². The van der Waals surface area contributed by atoms with E-state index >= 15 is 0 Å². The molecule has 3 rings (SSSR count). The van der Waals surface area contributed by atoms with Crippen molar-refractivity contribution in [1.82, 2.24) is 4.98 Å². The average molecular weight is 304 g/mol. The molecule has 0 atom stereocenters. The van der Waals surface area contributed by atoms with Gasteiger partial charge in [-0.1, -0.05) is 24.3 Å². The van der Waals surface area contributed by atoms with Crippen LogP contribution in [0, 0.1) is 0 Å². The number of rotatable bonds is 4. The molecule has 1 heterocycles. The van der Waals surface area contributed by atoms with Crippen LogP contribution in [0.5, 0.6) is 5.75 Å². The number of nitrogens with one attached hydrogen (secondary N) is 1. The second-order valence-electron chi connectivity index (χ2n) is 4.94. The Bertz CT molecular complexity index is 867. The number of carbonyl (C=O) groups excluding carboxylic acids is 1. The van der Waals surface area contributed by atoms with E-state index in [1.807, 2.05) is 54.6 Å². The van der Waals surface area contributed by atoms with Crippen molar-refractivity contribution in [3.8, 4) is 5.75 Å². The van der Waals surface area contributed by atoms with Crippen LogP contribution in [-0.4, -0.2) is 18.0 Å². The van der Waals surface area contributed by atoms with E-state index in [0.29, 0.717) is 0 Å². The normalized spacial score (nSPS) is 10.8. The maximum Gasteiger partial charge on any atom is 0.248 e. The van der Waals surface area contributed by atoms with Crippen molar-refractivity contribution in [3.05, 3.63) is 72.4 Å². The SMILES string of the molecule is COc1ccccc1/C=C/C(=O)Nc1cccc2ncccc12. The average Bonchev–Trinajstić information content (AvgIpc) is 2.60. The molecule has 0 bridgehead atoms. The molecule has 1 aromatic heterocycles. The smallest absolute Gasteiger partial charge is 0.248 e. The van der Waals surface area contributed by atoms with Gasteiger partial charge in [-0.15, -0.1) is 0 Å². The molecule has 0 unspecified atom stereocenters. The molecule has 23 heavy (non-hydrogen) atoms. The number of methoxy groups -OCH3 is 1. The number of aromatic nitrogens is 1. The zero-order valence-corrected chi connectivity index (χ0v) is 12.7. The first-order valence-corrected chi connectivity index (χ1v) is 7.24. The van der Waals surface area contributed by atoms with Crippen molar-refractivity contribution in [3.63, 3.8) is 0 Å². The number of hydrogen-bond donors (Lipinski definition) is 1. The van der Waals surface area contributed by atoms with Crippen LogP contribution in [0.3, 0.4) is 0 Å². The molecular formula is C19H16N2O2. The van der Waals surface area contributed by atoms with E-state index in [0.717, 1.165) is 27.9 Å². The lowest BCUT2D eigenvalue weighted by molar-refractivity contribution is -0.111. The highest BCUT2D eigenvalue weighted by Crippen LogP contribution is 2.22. The Morgan fingerprint density at radius 1 is 1.09 bits per heavy atom. The second kappa shape index (κ2) is 6.75. The molecule has 0 aliphatic carbocycles. The second-order valence-corrected chi connectivity index (χ2v) is 4.94. The van der Waals surface area contributed by atoms with Crippen LogP contribution in [0.4, 0.5) is 5.69 Å². The number of nitrogens with zero attached hydrogens (tertiary/aromatic N) is 1. The molecule has 1 amide bonds. The van der Waals surface area contributed by atoms with Crippen LogP contribution in [0.25, 0.3) is 17.0 Å². The highest BCUT2D eigenvalue weighted by molar-refractivity contribution is 6.07. The third kappa shape index (κ3) is 3.37. The third-order valence-corrected chi connectivity index (χ3v) is 3.46. The minimum absolute atomic E-state index is 0.202. The summed E-state index contributed by atoms with van der Waals surface area (Å²) in [5.74, 6) is 0.526. The summed E-state index contributed by atoms with van der Waals surface area (Å²) in [6.45, 7) is 0. The standard InChI is InChI=1S/C19H16N2O2/c1-23-18-10-3-2-6-14(18)11-12-19(22)21-17-9-4-8-16-15(17)7-5-13-20-16/h2-13H,1H3,(H,21,22)/b12-11+. The minimum Gasteiger partial charge on any atom is -0.496 e. The van der Waals surface area contributed by atoms with Crippen LogP contribution >= 0.6 is 0 Å². The lowest BCUT2D eigenvalue weighted by Crippen LogP contribution is -2.08. The number of pyridine rings is 1. The van der Waals surface area contributed by atoms with Crippen LogP contribution in [0.1, 0.15) is 5.56 Å². The molecule has 2 aromatic carbocycles. The summed E-state index contributed by atoms with van der Waals surface area (Å²) in [5, 5.41) is 3.80. The lowest BCUT2D eigenvalue weighted by Gasteiger charge is -2.06. The lowest BCUT2D eigenvalue weighted by atomic mass is 10.1. The van der Waals surface area contributed by atoms with Crippen molar-refractivity contribution in [1.29, 1.82) is 0 Å². The van der Waals surface area contributed by atoms with Gasteiger partial charge in [-0.25, -0.2) is 0 Å². The maximum atomic E-state index is 12.2. The molecule has 0 fully saturated rings. The predicted octanol–water partition coefficient (Wildman–Crippen LogP) is 3.90. The van der Waals surface area contributed by atoms with E-state index in [4.69, 9.17) is 4.74 Å². The third-order valence-electron chi connectivity index (χ3n) is 3.46. The van der Waals surface area contributed by atoms with Gasteiger partial charge >= 0.3 is 0 Å². The largest absolute Gasteiger partial charge is 0.496 e. The molecule has 0 aliphatic rings. The Balaban J connectivity index is 1.80. The Morgan fingerprint density at radius 3 is 2.83 bits per heavy atom. The van der Waals surface area contributed by atoms with Gasteiger partial charge in [0.1, 0.15) is 5.75 Å². The van der Waals surface area contributed by atoms with E-state index in [-0.39, 0.29) is 5.91 Å². The summed E-state index contributed by atoms with van der Waals surface area (Å²) in [6.07, 6.45) is 4.96. The van der Waals surface area contributed by atoms with Crippen LogP contribution in [-0.2, 0) is 4.79 Å². The Morgan fingerprint density at radius 2 is 1.96 bits per heavy atom. The van der Waals surface area contributed by atoms with E-state index in [9.17, 15) is 4.79 Å². The van der Waals surface area contributed by atoms with Crippen LogP contribution < -0.4 is 10.1 Å². The first-order valence-electron chi connectivity index (χ1n) is 7.24. The van der Waals surface area contributed by atoms with E-state index in [1.54, 1.807) is 19.4 Å². The molecule has 1 N–H and O–H groups in total. The molecule has 114 valence electrons. The first kappa shape index (κ1) is 14.8. The topological polar surface area (TPSA) is 51.2 Å². The van der Waals surface area contributed by atoms with Gasteiger partial charge in [0.15, 0.2) is 0 Å². The van der Waals surface area contributed by atoms with E-state index in [1.165, 1.54) is 6.08 Å². The summed E-state index contributed by atoms with van der Waals surface area (Å²) >= 11 is 0. The number of ether oxygens (including phenoxy) is 1. The summed E-state index contributed by atoms with van der Waals surface area (Å²) in [5.41, 5.74) is 2.44. The Hall–Kier alpha value is -3.14. The first-order chi connectivity index (χ1) is 11.3. The van der Waals surface area contributed by atoms with Gasteiger partial charge in [0.25, 0.3) is 0 Å². The minimum atomic E-state index is -0.202. The summed E-state index contributed by atoms with van der Waals surface area (Å²) < 4.78 is 5.26. The molecule has 4 nitrogen and oxygen atoms in total. The predicted molar refractivity (Wildman–Crippen MR) is 92.4 cm³/mol. The van der Waals surface area contributed by atoms with Gasteiger partial charge in [0.05, 0.1) is 18.3 Å². The fraction of sp³-hybridized carbons (Fsp3) is 0.0526. The number of para-hydroxylation sites is 1. The van der Waals surface area contributed by atoms with Gasteiger partial charge < -0.3 is 10.1 Å². The number of amides is 1. The number of benzene rings is 2. The molecule has 0 radical (unpaired) electrons. The highest BCUT2D eigenvalue weighted by Gasteiger charge is 2.04. The van der Waals surface area contributed by atoms with Gasteiger partial charge in [-0.05, 0) is 36.4 Å². The van der Waals surface area contributed by atoms with Crippen molar-refractivity contribution in [2.75, 3.05) is 12.4 Å². The van der Waals surface area contributed by atoms with Crippen molar-refractivity contribution < 1.29 is 9.53 Å². The van der Waals surface area contributed by atoms with Gasteiger partial charge in [0, 0.05) is 23.2 Å². The molecule has 3 aromatic rings. The molecule has 0 saturated heterocycles. The van der Waals surface area contributed by atoms with Gasteiger partial charge in [-0.3, -0.25) is 9.78 Å². The van der Waals surface area contributed by atoms with Gasteiger partial charge in [0.2, 0.25) is 5.91 Å². The van der Waals surface area contributed by atoms with Crippen molar-refractivity contribution in [2.24, 2.45) is 0 Å². The highest BCUT2D eigenvalue weighted by atomic mass is 16.5. The van der Waals surface area contributed by atoms with E-state index in [2.05, 4.69) is 10.3 Å². The molecular weight excluding hydrogens is 288 g/mol. The van der Waals surface area contributed by atoms with Gasteiger partial charge in [-0.2, -0.15) is 0 Å². The fourth-order valence-corrected chi connectivity index (χ4v) is 2.36. The Kier molecular flexibility index (Phi) is 4.34. The van der Waals surface area contributed by atoms with Crippen LogP contribution in [0.15, 0.2) is 66.9 Å². The number of fused-ring (bicyclic) bond motifs is 1. The molecule has 0 saturated carbocycles. The number of anilines is 1. The number of hydrogen-bond acceptors (Lipinski definition) is 3. The monoisotopic (exact) mass is 304 g/mol. The summed E-state index contributed by atoms with van der Waals surface area (Å²) in [4.78, 5) is 16.4. The number of carbonyl (C=O) groups is 1. The van der Waals surface area contributed by atoms with Crippen molar-refractivity contribution in [2.45, 2.75) is 0 Å². The molecule has 4 heteroatoms. The zero-order chi connectivity index (χ0) is 16.1. The summed E-state index contributed by atoms with van der Waals surface area (Å²) in [7, 11) is 1.61. The maximum absolute atomic E-state index is 12.2. The zero-order valence-electron chi connectivity index (χ0n) is 12.7. The summed E-state index contributed by atoms with van der Waals surface area (Å²) in [6, 6.07) is 17.0. The van der Waals surface area contributed by atoms with Crippen molar-refractivity contribution >= 4 is 28.6 Å². The molecule has 0 aliphatic heterocycles. The quantitative estimate of drug-likeness (QED) is 0.744. The fourth-order valence-electron chi connectivity index (χ4n) is 2.36.